The van der Waals surface area contributed by atoms with E-state index in [4.69, 9.17) is 14.6 Å². The zero-order valence-electron chi connectivity index (χ0n) is 14.1. The second-order valence-electron chi connectivity index (χ2n) is 6.03. The summed E-state index contributed by atoms with van der Waals surface area (Å²) in [7, 11) is 0. The van der Waals surface area contributed by atoms with Crippen molar-refractivity contribution in [3.63, 3.8) is 0 Å². The highest BCUT2D eigenvalue weighted by atomic mass is 16.7. The fourth-order valence-electron chi connectivity index (χ4n) is 2.57. The molecule has 1 aliphatic heterocycles. The topological polar surface area (TPSA) is 209 Å². The first kappa shape index (κ1) is 23.1. The summed E-state index contributed by atoms with van der Waals surface area (Å²) in [6.07, 6.45) is -13.3. The summed E-state index contributed by atoms with van der Waals surface area (Å²) in [5.74, 6) is -0.600. The van der Waals surface area contributed by atoms with E-state index in [1.165, 1.54) is 0 Å². The molecular formula is C14H27NO11. The number of hydrogen-bond acceptors (Lipinski definition) is 11. The van der Waals surface area contributed by atoms with E-state index in [0.717, 1.165) is 6.92 Å². The third-order valence-corrected chi connectivity index (χ3v) is 4.04. The van der Waals surface area contributed by atoms with Gasteiger partial charge in [-0.1, -0.05) is 0 Å². The molecule has 1 rings (SSSR count). The second kappa shape index (κ2) is 10.4. The van der Waals surface area contributed by atoms with Crippen LogP contribution < -0.4 is 5.32 Å². The first-order valence-electron chi connectivity index (χ1n) is 7.98. The molecule has 1 saturated heterocycles. The smallest absolute Gasteiger partial charge is 0.217 e. The lowest BCUT2D eigenvalue weighted by molar-refractivity contribution is -0.322. The monoisotopic (exact) mass is 385 g/mol. The average molecular weight is 385 g/mol. The molecule has 0 aromatic rings. The van der Waals surface area contributed by atoms with Crippen LogP contribution in [0.1, 0.15) is 6.92 Å². The summed E-state index contributed by atoms with van der Waals surface area (Å²) >= 11 is 0. The third kappa shape index (κ3) is 5.53. The molecule has 1 amide bonds. The summed E-state index contributed by atoms with van der Waals surface area (Å²) < 4.78 is 10.5. The van der Waals surface area contributed by atoms with Gasteiger partial charge in [-0.15, -0.1) is 0 Å². The maximum atomic E-state index is 11.3. The summed E-state index contributed by atoms with van der Waals surface area (Å²) in [6.45, 7) is -1.19. The van der Waals surface area contributed by atoms with Gasteiger partial charge in [-0.3, -0.25) is 4.79 Å². The lowest BCUT2D eigenvalue weighted by Gasteiger charge is -2.42. The number of carbonyl (C=O) groups is 1. The van der Waals surface area contributed by atoms with Gasteiger partial charge in [-0.25, -0.2) is 0 Å². The molecule has 0 radical (unpaired) electrons. The van der Waals surface area contributed by atoms with E-state index >= 15 is 0 Å². The van der Waals surface area contributed by atoms with Crippen LogP contribution >= 0.6 is 0 Å². The number of nitrogens with one attached hydrogen (secondary N) is 1. The van der Waals surface area contributed by atoms with Crippen molar-refractivity contribution in [1.29, 1.82) is 0 Å². The van der Waals surface area contributed by atoms with Crippen molar-refractivity contribution < 1.29 is 55.1 Å². The quantitative estimate of drug-likeness (QED) is 0.183. The van der Waals surface area contributed by atoms with Crippen molar-refractivity contribution in [1.82, 2.24) is 5.32 Å². The number of hydrogen-bond donors (Lipinski definition) is 9. The lowest BCUT2D eigenvalue weighted by atomic mass is 9.98. The van der Waals surface area contributed by atoms with Crippen LogP contribution in [0.5, 0.6) is 0 Å². The number of amides is 1. The molecule has 0 aromatic carbocycles. The fraction of sp³-hybridized carbons (Fsp3) is 0.929. The number of ether oxygens (including phenoxy) is 2. The van der Waals surface area contributed by atoms with E-state index in [0.29, 0.717) is 0 Å². The molecule has 1 unspecified atom stereocenters. The normalized spacial score (nSPS) is 34.0. The Kier molecular flexibility index (Phi) is 9.26. The van der Waals surface area contributed by atoms with Crippen molar-refractivity contribution in [3.05, 3.63) is 0 Å². The molecule has 9 N–H and O–H groups in total. The maximum Gasteiger partial charge on any atom is 0.217 e. The Bertz CT molecular complexity index is 437. The van der Waals surface area contributed by atoms with Crippen LogP contribution in [-0.4, -0.2) is 122 Å². The van der Waals surface area contributed by atoms with Crippen LogP contribution in [0.15, 0.2) is 0 Å². The summed E-state index contributed by atoms with van der Waals surface area (Å²) in [6, 6.07) is -1.27. The van der Waals surface area contributed by atoms with Gasteiger partial charge in [-0.05, 0) is 0 Å². The highest BCUT2D eigenvalue weighted by Crippen LogP contribution is 2.25. The van der Waals surface area contributed by atoms with Gasteiger partial charge in [0.15, 0.2) is 6.29 Å². The van der Waals surface area contributed by atoms with E-state index < -0.39 is 80.8 Å². The third-order valence-electron chi connectivity index (χ3n) is 4.04. The molecule has 154 valence electrons. The predicted molar refractivity (Wildman–Crippen MR) is 82.4 cm³/mol. The summed E-state index contributed by atoms with van der Waals surface area (Å²) in [5, 5.41) is 79.2. The minimum atomic E-state index is -1.82. The van der Waals surface area contributed by atoms with Gasteiger partial charge < -0.3 is 55.6 Å². The fourth-order valence-corrected chi connectivity index (χ4v) is 2.57. The zero-order chi connectivity index (χ0) is 20.0. The van der Waals surface area contributed by atoms with E-state index in [-0.39, 0.29) is 0 Å². The highest BCUT2D eigenvalue weighted by Gasteiger charge is 2.47. The van der Waals surface area contributed by atoms with Gasteiger partial charge in [0.25, 0.3) is 0 Å². The number of aliphatic hydroxyl groups is 8. The van der Waals surface area contributed by atoms with Crippen LogP contribution in [-0.2, 0) is 14.3 Å². The zero-order valence-corrected chi connectivity index (χ0v) is 14.1. The van der Waals surface area contributed by atoms with Gasteiger partial charge >= 0.3 is 0 Å². The molecule has 0 bridgehead atoms. The van der Waals surface area contributed by atoms with Gasteiger partial charge in [0.1, 0.15) is 42.7 Å². The van der Waals surface area contributed by atoms with Crippen LogP contribution in [0.4, 0.5) is 0 Å². The molecule has 1 fully saturated rings. The molecule has 0 saturated carbocycles. The van der Waals surface area contributed by atoms with Crippen LogP contribution in [0.25, 0.3) is 0 Å². The molecule has 9 atom stereocenters. The van der Waals surface area contributed by atoms with Crippen LogP contribution in [0.3, 0.4) is 0 Å². The van der Waals surface area contributed by atoms with Gasteiger partial charge in [0.05, 0.1) is 25.9 Å². The Labute approximate surface area is 149 Å². The van der Waals surface area contributed by atoms with E-state index in [1.807, 2.05) is 0 Å². The number of rotatable bonds is 9. The Balaban J connectivity index is 3.04. The molecule has 0 spiro atoms. The predicted octanol–water partition coefficient (Wildman–Crippen LogP) is -5.62. The van der Waals surface area contributed by atoms with Crippen molar-refractivity contribution >= 4 is 5.91 Å². The SMILES string of the molecule is CC(=O)N[C@@H](CO)[C@@H](OC1O[C@H](CO)[C@H](O)[C@H](O)[C@H]1O)[C@@H](O)[C@H](O)CO. The Morgan fingerprint density at radius 2 is 1.69 bits per heavy atom. The highest BCUT2D eigenvalue weighted by molar-refractivity contribution is 5.73. The molecule has 26 heavy (non-hydrogen) atoms. The van der Waals surface area contributed by atoms with Gasteiger partial charge in [-0.2, -0.15) is 0 Å². The average Bonchev–Trinajstić information content (AvgIpc) is 2.62. The molecule has 12 heteroatoms. The minimum absolute atomic E-state index is 0.600. The summed E-state index contributed by atoms with van der Waals surface area (Å²) in [4.78, 5) is 11.3. The van der Waals surface area contributed by atoms with Crippen molar-refractivity contribution in [2.75, 3.05) is 19.8 Å². The second-order valence-corrected chi connectivity index (χ2v) is 6.03. The maximum absolute atomic E-state index is 11.3. The first-order valence-corrected chi connectivity index (χ1v) is 7.98. The van der Waals surface area contributed by atoms with Crippen molar-refractivity contribution in [2.45, 2.75) is 62.0 Å². The minimum Gasteiger partial charge on any atom is -0.394 e. The first-order chi connectivity index (χ1) is 12.2. The number of aliphatic hydroxyl groups excluding tert-OH is 8. The van der Waals surface area contributed by atoms with Crippen LogP contribution in [0, 0.1) is 0 Å². The van der Waals surface area contributed by atoms with Crippen molar-refractivity contribution in [2.24, 2.45) is 0 Å². The van der Waals surface area contributed by atoms with E-state index in [2.05, 4.69) is 5.32 Å². The van der Waals surface area contributed by atoms with Gasteiger partial charge in [0, 0.05) is 6.92 Å². The standard InChI is InChI=1S/C14H27NO11/c1-5(19)15-6(2-16)13(9(21)7(20)3-17)26-14-12(24)11(23)10(22)8(4-18)25-14/h6-14,16-18,20-24H,2-4H2,1H3,(H,15,19)/t6-,7+,8+,9-,10-,11-,12+,13+,14?/m0/s1. The molecule has 1 heterocycles. The van der Waals surface area contributed by atoms with E-state index in [9.17, 15) is 40.5 Å². The van der Waals surface area contributed by atoms with Crippen molar-refractivity contribution in [3.8, 4) is 0 Å². The molecular weight excluding hydrogens is 358 g/mol. The number of carbonyl (C=O) groups excluding carboxylic acids is 1. The Morgan fingerprint density at radius 1 is 1.08 bits per heavy atom. The molecule has 1 aliphatic rings. The molecule has 0 aromatic heterocycles. The summed E-state index contributed by atoms with van der Waals surface area (Å²) in [5.41, 5.74) is 0. The molecule has 12 nitrogen and oxygen atoms in total. The molecule has 0 aliphatic carbocycles. The van der Waals surface area contributed by atoms with Gasteiger partial charge in [0.2, 0.25) is 5.91 Å². The van der Waals surface area contributed by atoms with E-state index in [1.54, 1.807) is 0 Å². The lowest BCUT2D eigenvalue weighted by Crippen LogP contribution is -2.63. The Morgan fingerprint density at radius 3 is 2.15 bits per heavy atom. The van der Waals surface area contributed by atoms with Crippen LogP contribution in [0.2, 0.25) is 0 Å². The largest absolute Gasteiger partial charge is 0.394 e. The Hall–Kier alpha value is -0.930.